The lowest BCUT2D eigenvalue weighted by Gasteiger charge is -2.24. The molecule has 0 heterocycles. The molecule has 21 heavy (non-hydrogen) atoms. The SMILES string of the molecule is CCC(N)C(OCCOCCCOC)c1cccc(Br)c1. The summed E-state index contributed by atoms with van der Waals surface area (Å²) in [4.78, 5) is 0. The van der Waals surface area contributed by atoms with Gasteiger partial charge in [0.15, 0.2) is 0 Å². The molecule has 0 aliphatic rings. The fraction of sp³-hybridized carbons (Fsp3) is 0.625. The minimum atomic E-state index is -0.102. The van der Waals surface area contributed by atoms with Crippen LogP contribution in [0.5, 0.6) is 0 Å². The van der Waals surface area contributed by atoms with Crippen LogP contribution in [0.25, 0.3) is 0 Å². The molecule has 0 fully saturated rings. The second kappa shape index (κ2) is 11.2. The van der Waals surface area contributed by atoms with E-state index in [1.54, 1.807) is 7.11 Å². The molecule has 0 aliphatic heterocycles. The third-order valence-corrected chi connectivity index (χ3v) is 3.69. The van der Waals surface area contributed by atoms with Crippen LogP contribution < -0.4 is 5.73 Å². The van der Waals surface area contributed by atoms with E-state index in [0.717, 1.165) is 29.5 Å². The van der Waals surface area contributed by atoms with Gasteiger partial charge in [-0.05, 0) is 30.5 Å². The molecule has 0 bridgehead atoms. The van der Waals surface area contributed by atoms with E-state index < -0.39 is 0 Å². The molecule has 5 heteroatoms. The van der Waals surface area contributed by atoms with Gasteiger partial charge in [0.25, 0.3) is 0 Å². The van der Waals surface area contributed by atoms with Crippen molar-refractivity contribution in [2.24, 2.45) is 5.73 Å². The number of halogens is 1. The molecule has 0 radical (unpaired) electrons. The second-order valence-corrected chi connectivity index (χ2v) is 5.79. The Kier molecular flexibility index (Phi) is 9.87. The van der Waals surface area contributed by atoms with Crippen LogP contribution in [0.15, 0.2) is 28.7 Å². The molecular weight excluding hydrogens is 334 g/mol. The standard InChI is InChI=1S/C16H26BrNO3/c1-3-15(18)16(13-6-4-7-14(17)12-13)21-11-10-20-9-5-8-19-2/h4,6-7,12,15-16H,3,5,8-11,18H2,1-2H3. The summed E-state index contributed by atoms with van der Waals surface area (Å²) in [6.07, 6.45) is 1.67. The minimum absolute atomic E-state index is 0.0206. The Morgan fingerprint density at radius 1 is 1.19 bits per heavy atom. The van der Waals surface area contributed by atoms with Crippen LogP contribution in [0.4, 0.5) is 0 Å². The van der Waals surface area contributed by atoms with Gasteiger partial charge in [0.05, 0.1) is 19.3 Å². The Morgan fingerprint density at radius 3 is 2.67 bits per heavy atom. The topological polar surface area (TPSA) is 53.7 Å². The lowest BCUT2D eigenvalue weighted by atomic mass is 10.0. The van der Waals surface area contributed by atoms with E-state index in [9.17, 15) is 0 Å². The maximum absolute atomic E-state index is 6.18. The van der Waals surface area contributed by atoms with E-state index in [4.69, 9.17) is 19.9 Å². The minimum Gasteiger partial charge on any atom is -0.385 e. The molecule has 2 atom stereocenters. The molecule has 0 aromatic heterocycles. The fourth-order valence-corrected chi connectivity index (χ4v) is 2.42. The third-order valence-electron chi connectivity index (χ3n) is 3.20. The molecule has 1 aromatic rings. The summed E-state index contributed by atoms with van der Waals surface area (Å²) in [5, 5.41) is 0. The first-order valence-electron chi connectivity index (χ1n) is 7.38. The Labute approximate surface area is 136 Å². The normalized spacial score (nSPS) is 14.1. The van der Waals surface area contributed by atoms with Crippen LogP contribution in [0.3, 0.4) is 0 Å². The van der Waals surface area contributed by atoms with Gasteiger partial charge in [0.2, 0.25) is 0 Å². The molecule has 2 unspecified atom stereocenters. The number of benzene rings is 1. The Bertz CT molecular complexity index is 390. The quantitative estimate of drug-likeness (QED) is 0.616. The first-order chi connectivity index (χ1) is 10.2. The van der Waals surface area contributed by atoms with Gasteiger partial charge in [0.1, 0.15) is 0 Å². The van der Waals surface area contributed by atoms with Gasteiger partial charge < -0.3 is 19.9 Å². The van der Waals surface area contributed by atoms with Gasteiger partial charge >= 0.3 is 0 Å². The monoisotopic (exact) mass is 359 g/mol. The number of rotatable bonds is 11. The van der Waals surface area contributed by atoms with Crippen molar-refractivity contribution in [3.63, 3.8) is 0 Å². The van der Waals surface area contributed by atoms with Crippen LogP contribution in [0.1, 0.15) is 31.4 Å². The summed E-state index contributed by atoms with van der Waals surface area (Å²) in [5.41, 5.74) is 7.28. The van der Waals surface area contributed by atoms with Crippen molar-refractivity contribution in [3.05, 3.63) is 34.3 Å². The maximum Gasteiger partial charge on any atom is 0.0977 e. The zero-order valence-electron chi connectivity index (χ0n) is 12.9. The van der Waals surface area contributed by atoms with E-state index in [-0.39, 0.29) is 12.1 Å². The predicted octanol–water partition coefficient (Wildman–Crippen LogP) is 3.30. The Hall–Kier alpha value is -0.460. The number of methoxy groups -OCH3 is 1. The molecule has 0 amide bonds. The second-order valence-electron chi connectivity index (χ2n) is 4.88. The van der Waals surface area contributed by atoms with Gasteiger partial charge in [-0.15, -0.1) is 0 Å². The first-order valence-corrected chi connectivity index (χ1v) is 8.17. The van der Waals surface area contributed by atoms with Crippen LogP contribution in [0.2, 0.25) is 0 Å². The summed E-state index contributed by atoms with van der Waals surface area (Å²) < 4.78 is 17.4. The summed E-state index contributed by atoms with van der Waals surface area (Å²) in [7, 11) is 1.69. The van der Waals surface area contributed by atoms with Crippen LogP contribution in [0, 0.1) is 0 Å². The van der Waals surface area contributed by atoms with Gasteiger partial charge in [-0.2, -0.15) is 0 Å². The van der Waals surface area contributed by atoms with Crippen molar-refractivity contribution in [2.45, 2.75) is 31.9 Å². The third kappa shape index (κ3) is 7.38. The first kappa shape index (κ1) is 18.6. The van der Waals surface area contributed by atoms with Crippen LogP contribution in [-0.4, -0.2) is 39.6 Å². The lowest BCUT2D eigenvalue weighted by molar-refractivity contribution is -0.0104. The van der Waals surface area contributed by atoms with Crippen molar-refractivity contribution in [2.75, 3.05) is 33.5 Å². The highest BCUT2D eigenvalue weighted by molar-refractivity contribution is 9.10. The predicted molar refractivity (Wildman–Crippen MR) is 88.4 cm³/mol. The van der Waals surface area contributed by atoms with Crippen molar-refractivity contribution in [3.8, 4) is 0 Å². The van der Waals surface area contributed by atoms with Crippen molar-refractivity contribution >= 4 is 15.9 Å². The highest BCUT2D eigenvalue weighted by Gasteiger charge is 2.19. The van der Waals surface area contributed by atoms with Crippen LogP contribution >= 0.6 is 15.9 Å². The zero-order chi connectivity index (χ0) is 15.5. The zero-order valence-corrected chi connectivity index (χ0v) is 14.5. The molecule has 0 saturated carbocycles. The smallest absolute Gasteiger partial charge is 0.0977 e. The average Bonchev–Trinajstić information content (AvgIpc) is 2.49. The molecular formula is C16H26BrNO3. The highest BCUT2D eigenvalue weighted by Crippen LogP contribution is 2.24. The van der Waals surface area contributed by atoms with E-state index in [0.29, 0.717) is 19.8 Å². The average molecular weight is 360 g/mol. The molecule has 0 saturated heterocycles. The number of ether oxygens (including phenoxy) is 3. The van der Waals surface area contributed by atoms with E-state index in [1.807, 2.05) is 18.2 Å². The molecule has 0 spiro atoms. The summed E-state index contributed by atoms with van der Waals surface area (Å²) in [6, 6.07) is 8.08. The van der Waals surface area contributed by atoms with E-state index in [2.05, 4.69) is 28.9 Å². The van der Waals surface area contributed by atoms with Crippen molar-refractivity contribution < 1.29 is 14.2 Å². The summed E-state index contributed by atoms with van der Waals surface area (Å²) in [5.74, 6) is 0. The summed E-state index contributed by atoms with van der Waals surface area (Å²) in [6.45, 7) is 4.60. The Morgan fingerprint density at radius 2 is 2.00 bits per heavy atom. The molecule has 1 aromatic carbocycles. The summed E-state index contributed by atoms with van der Waals surface area (Å²) >= 11 is 3.49. The maximum atomic E-state index is 6.18. The van der Waals surface area contributed by atoms with Crippen molar-refractivity contribution in [1.29, 1.82) is 0 Å². The number of hydrogen-bond donors (Lipinski definition) is 1. The van der Waals surface area contributed by atoms with Gasteiger partial charge in [-0.25, -0.2) is 0 Å². The molecule has 1 rings (SSSR count). The molecule has 0 aliphatic carbocycles. The highest BCUT2D eigenvalue weighted by atomic mass is 79.9. The fourth-order valence-electron chi connectivity index (χ4n) is 2.01. The van der Waals surface area contributed by atoms with Crippen LogP contribution in [-0.2, 0) is 14.2 Å². The Balaban J connectivity index is 2.41. The largest absolute Gasteiger partial charge is 0.385 e. The molecule has 2 N–H and O–H groups in total. The molecule has 120 valence electrons. The van der Waals surface area contributed by atoms with E-state index >= 15 is 0 Å². The van der Waals surface area contributed by atoms with Crippen molar-refractivity contribution in [1.82, 2.24) is 0 Å². The van der Waals surface area contributed by atoms with Gasteiger partial charge in [0, 0.05) is 30.8 Å². The lowest BCUT2D eigenvalue weighted by Crippen LogP contribution is -2.30. The number of nitrogens with two attached hydrogens (primary N) is 1. The number of hydrogen-bond acceptors (Lipinski definition) is 4. The van der Waals surface area contributed by atoms with E-state index in [1.165, 1.54) is 0 Å². The van der Waals surface area contributed by atoms with Gasteiger partial charge in [-0.3, -0.25) is 0 Å². The molecule has 4 nitrogen and oxygen atoms in total. The van der Waals surface area contributed by atoms with Gasteiger partial charge in [-0.1, -0.05) is 35.0 Å².